The van der Waals surface area contributed by atoms with Gasteiger partial charge < -0.3 is 35.4 Å². The molecule has 1 aromatic heterocycles. The van der Waals surface area contributed by atoms with E-state index in [9.17, 15) is 42.3 Å². The molecule has 412 valence electrons. The molecule has 2 unspecified atom stereocenters. The highest BCUT2D eigenvalue weighted by molar-refractivity contribution is 7.90. The number of aromatic nitrogens is 1. The number of nitrogens with zero attached hydrogens (tertiary/aromatic N) is 3. The number of unbranched alkanes of at least 4 members (excludes halogenated alkanes) is 9. The zero-order valence-electron chi connectivity index (χ0n) is 45.3. The topological polar surface area (TPSA) is 231 Å². The number of imide groups is 1. The summed E-state index contributed by atoms with van der Waals surface area (Å²) >= 11 is 1.57. The number of aliphatic hydroxyl groups is 1. The fourth-order valence-corrected chi connectivity index (χ4v) is 11.7. The second kappa shape index (κ2) is 26.7. The molecular formula is C57H76N6O11S2. The van der Waals surface area contributed by atoms with Crippen LogP contribution < -0.4 is 25.4 Å². The van der Waals surface area contributed by atoms with E-state index in [4.69, 9.17) is 9.47 Å². The average Bonchev–Trinajstić information content (AvgIpc) is 4.05. The van der Waals surface area contributed by atoms with Crippen LogP contribution in [0.15, 0.2) is 60.1 Å². The first-order valence-corrected chi connectivity index (χ1v) is 29.4. The van der Waals surface area contributed by atoms with Crippen LogP contribution in [0, 0.1) is 12.3 Å². The minimum absolute atomic E-state index is 0.00975. The minimum atomic E-state index is -3.70. The first-order chi connectivity index (χ1) is 36.1. The Labute approximate surface area is 451 Å². The van der Waals surface area contributed by atoms with Crippen LogP contribution in [-0.2, 0) is 42.0 Å². The number of hydrogen-bond acceptors (Lipinski definition) is 13. The number of hydrogen-bond donors (Lipinski definition) is 4. The largest absolute Gasteiger partial charge is 0.493 e. The number of methoxy groups -OCH3 is 1. The summed E-state index contributed by atoms with van der Waals surface area (Å²) in [6, 6.07) is 13.2. The maximum absolute atomic E-state index is 14.2. The molecule has 1 fully saturated rings. The minimum Gasteiger partial charge on any atom is -0.493 e. The molecule has 0 spiro atoms. The van der Waals surface area contributed by atoms with E-state index in [1.807, 2.05) is 57.5 Å². The normalized spacial score (nSPS) is 16.3. The molecule has 6 rings (SSSR count). The molecule has 19 heteroatoms. The summed E-state index contributed by atoms with van der Waals surface area (Å²) in [5, 5.41) is 19.3. The molecule has 0 bridgehead atoms. The molecule has 2 aliphatic rings. The number of ether oxygens (including phenoxy) is 2. The Morgan fingerprint density at radius 1 is 0.882 bits per heavy atom. The fraction of sp³-hybridized carbons (Fsp3) is 0.526. The number of carbonyl (C=O) groups is 6. The van der Waals surface area contributed by atoms with Crippen molar-refractivity contribution in [2.24, 2.45) is 5.41 Å². The van der Waals surface area contributed by atoms with E-state index >= 15 is 0 Å². The van der Waals surface area contributed by atoms with Crippen molar-refractivity contribution in [3.8, 4) is 21.9 Å². The number of rotatable bonds is 27. The number of amides is 6. The number of nitrogens with one attached hydrogen (secondary N) is 3. The third-order valence-electron chi connectivity index (χ3n) is 13.9. The van der Waals surface area contributed by atoms with Gasteiger partial charge in [0, 0.05) is 39.1 Å². The highest BCUT2D eigenvalue weighted by Crippen LogP contribution is 2.40. The molecule has 4 N–H and O–H groups in total. The Balaban J connectivity index is 0.911. The first-order valence-electron chi connectivity index (χ1n) is 26.5. The summed E-state index contributed by atoms with van der Waals surface area (Å²) in [6.07, 6.45) is 10.7. The molecule has 1 saturated heterocycles. The molecule has 76 heavy (non-hydrogen) atoms. The first kappa shape index (κ1) is 59.1. The number of aryl methyl sites for hydroxylation is 2. The van der Waals surface area contributed by atoms with Crippen LogP contribution in [0.3, 0.4) is 0 Å². The summed E-state index contributed by atoms with van der Waals surface area (Å²) in [7, 11) is -2.23. The summed E-state index contributed by atoms with van der Waals surface area (Å²) < 4.78 is 36.6. The summed E-state index contributed by atoms with van der Waals surface area (Å²) in [6.45, 7) is 11.3. The van der Waals surface area contributed by atoms with Gasteiger partial charge >= 0.3 is 0 Å². The third-order valence-corrected chi connectivity index (χ3v) is 15.8. The highest BCUT2D eigenvalue weighted by atomic mass is 32.2. The Bertz CT molecular complexity index is 2830. The van der Waals surface area contributed by atoms with Crippen molar-refractivity contribution in [2.75, 3.05) is 37.6 Å². The molecule has 2 aliphatic heterocycles. The van der Waals surface area contributed by atoms with Crippen molar-refractivity contribution in [3.63, 3.8) is 0 Å². The molecular weight excluding hydrogens is 1010 g/mol. The van der Waals surface area contributed by atoms with Crippen molar-refractivity contribution in [2.45, 2.75) is 156 Å². The quantitative estimate of drug-likeness (QED) is 0.0325. The Morgan fingerprint density at radius 2 is 1.54 bits per heavy atom. The summed E-state index contributed by atoms with van der Waals surface area (Å²) in [5.41, 5.74) is 5.58. The van der Waals surface area contributed by atoms with Gasteiger partial charge in [-0.05, 0) is 85.0 Å². The third kappa shape index (κ3) is 15.7. The van der Waals surface area contributed by atoms with Crippen LogP contribution in [0.4, 0.5) is 5.69 Å². The molecule has 4 aromatic rings. The van der Waals surface area contributed by atoms with Gasteiger partial charge in [0.1, 0.15) is 21.9 Å². The molecule has 3 aromatic carbocycles. The number of thiazole rings is 1. The molecule has 0 radical (unpaired) electrons. The van der Waals surface area contributed by atoms with Gasteiger partial charge in [0.15, 0.2) is 11.5 Å². The zero-order chi connectivity index (χ0) is 55.3. The van der Waals surface area contributed by atoms with Crippen LogP contribution in [-0.4, -0.2) is 114 Å². The number of fused-ring (bicyclic) bond motifs is 1. The van der Waals surface area contributed by atoms with Gasteiger partial charge in [0.25, 0.3) is 11.8 Å². The molecule has 0 saturated carbocycles. The highest BCUT2D eigenvalue weighted by Gasteiger charge is 2.46. The van der Waals surface area contributed by atoms with E-state index in [1.54, 1.807) is 48.6 Å². The summed E-state index contributed by atoms with van der Waals surface area (Å²) in [4.78, 5) is 89.2. The smallest absolute Gasteiger partial charge is 0.264 e. The van der Waals surface area contributed by atoms with E-state index in [-0.39, 0.29) is 60.5 Å². The lowest BCUT2D eigenvalue weighted by atomic mass is 9.85. The van der Waals surface area contributed by atoms with Crippen LogP contribution in [0.25, 0.3) is 10.4 Å². The van der Waals surface area contributed by atoms with Gasteiger partial charge in [0.2, 0.25) is 23.6 Å². The summed E-state index contributed by atoms with van der Waals surface area (Å²) in [5.74, 6) is -2.48. The zero-order valence-corrected chi connectivity index (χ0v) is 46.9. The standard InChI is InChI=1S/C57H76N6O11S2/c1-9-74-48-30-41(26-27-47(48)73-7)46(34-76(8,71)72)63-54(68)43-28-39(29-44(60-37(3)64)50(43)55(63)69)20-18-16-14-12-10-11-13-15-17-19-21-49(66)61-52(57(4,5)6)56(70)62-33-42(65)31-45(62)53(67)58-32-38-22-24-40(25-23-38)51-36(2)59-35-75-51/h22-30,35,42,45-46,52,65H,9-21,31-34H2,1-8H3,(H,58,67)(H,60,64)(H,61,66)/t42-,45+,46?,52?/m1/s1. The lowest BCUT2D eigenvalue weighted by Crippen LogP contribution is -2.57. The van der Waals surface area contributed by atoms with Crippen molar-refractivity contribution in [1.29, 1.82) is 0 Å². The predicted octanol–water partition coefficient (Wildman–Crippen LogP) is 8.51. The number of β-amino-alcohol motifs (C(OH)–C–C–N with tert-alkyl or cyclic N) is 1. The number of sulfone groups is 1. The van der Waals surface area contributed by atoms with Crippen molar-refractivity contribution in [1.82, 2.24) is 25.4 Å². The van der Waals surface area contributed by atoms with Crippen LogP contribution in [0.2, 0.25) is 0 Å². The van der Waals surface area contributed by atoms with Gasteiger partial charge in [-0.2, -0.15) is 0 Å². The van der Waals surface area contributed by atoms with E-state index in [0.29, 0.717) is 36.5 Å². The van der Waals surface area contributed by atoms with Gasteiger partial charge in [-0.15, -0.1) is 11.3 Å². The molecule has 4 atom stereocenters. The van der Waals surface area contributed by atoms with Crippen LogP contribution >= 0.6 is 11.3 Å². The Morgan fingerprint density at radius 3 is 2.13 bits per heavy atom. The second-order valence-electron chi connectivity index (χ2n) is 21.2. The average molecular weight is 1090 g/mol. The van der Waals surface area contributed by atoms with Gasteiger partial charge in [-0.3, -0.25) is 33.7 Å². The van der Waals surface area contributed by atoms with E-state index in [0.717, 1.165) is 96.2 Å². The van der Waals surface area contributed by atoms with Crippen LogP contribution in [0.5, 0.6) is 11.5 Å². The lowest BCUT2D eigenvalue weighted by molar-refractivity contribution is -0.144. The van der Waals surface area contributed by atoms with Crippen molar-refractivity contribution >= 4 is 62.3 Å². The second-order valence-corrected chi connectivity index (χ2v) is 24.2. The number of benzene rings is 3. The van der Waals surface area contributed by atoms with Gasteiger partial charge in [-0.1, -0.05) is 102 Å². The van der Waals surface area contributed by atoms with Crippen molar-refractivity contribution in [3.05, 3.63) is 93.6 Å². The Hall–Kier alpha value is -6.18. The van der Waals surface area contributed by atoms with E-state index in [1.165, 1.54) is 18.9 Å². The monoisotopic (exact) mass is 1080 g/mol. The maximum Gasteiger partial charge on any atom is 0.264 e. The lowest BCUT2D eigenvalue weighted by Gasteiger charge is -2.35. The van der Waals surface area contributed by atoms with Gasteiger partial charge in [0.05, 0.1) is 64.5 Å². The van der Waals surface area contributed by atoms with Gasteiger partial charge in [-0.25, -0.2) is 13.4 Å². The van der Waals surface area contributed by atoms with E-state index in [2.05, 4.69) is 20.9 Å². The van der Waals surface area contributed by atoms with Crippen LogP contribution in [0.1, 0.15) is 161 Å². The molecule has 3 heterocycles. The predicted molar refractivity (Wildman–Crippen MR) is 294 cm³/mol. The number of carbonyl (C=O) groups excluding carboxylic acids is 6. The molecule has 0 aliphatic carbocycles. The van der Waals surface area contributed by atoms with Crippen molar-refractivity contribution < 1.29 is 51.8 Å². The number of anilines is 1. The SMILES string of the molecule is CCOc1cc(C(CS(C)(=O)=O)N2C(=O)c3cc(CCCCCCCCCCCCC(=O)NC(C(=O)N4C[C@H](O)C[C@H]4C(=O)NCc4ccc(-c5scnc5C)cc4)C(C)(C)C)cc(NC(C)=O)c3C2=O)ccc1OC. The Kier molecular flexibility index (Phi) is 20.8. The van der Waals surface area contributed by atoms with E-state index < -0.39 is 63.0 Å². The number of aliphatic hydroxyl groups excluding tert-OH is 1. The number of likely N-dealkylation sites (tertiary alicyclic amines) is 1. The molecule has 6 amide bonds. The molecule has 17 nitrogen and oxygen atoms in total. The maximum atomic E-state index is 14.2. The fourth-order valence-electron chi connectivity index (χ4n) is 9.98.